The molecule has 14 heavy (non-hydrogen) atoms. The lowest BCUT2D eigenvalue weighted by atomic mass is 10.2. The average Bonchev–Trinajstić information content (AvgIpc) is 2.54. The first-order chi connectivity index (χ1) is 6.38. The van der Waals surface area contributed by atoms with E-state index in [-0.39, 0.29) is 12.2 Å². The topological polar surface area (TPSA) is 36.9 Å². The van der Waals surface area contributed by atoms with Gasteiger partial charge in [-0.3, -0.25) is 0 Å². The highest BCUT2D eigenvalue weighted by Crippen LogP contribution is 2.31. The Balaban J connectivity index is 1.93. The summed E-state index contributed by atoms with van der Waals surface area (Å²) in [5.41, 5.74) is 0. The maximum atomic E-state index is 5.70. The summed E-state index contributed by atoms with van der Waals surface area (Å²) in [5, 5.41) is 0. The highest BCUT2D eigenvalue weighted by atomic mass is 16.8. The van der Waals surface area contributed by atoms with Crippen LogP contribution in [-0.2, 0) is 18.9 Å². The molecule has 2 saturated heterocycles. The van der Waals surface area contributed by atoms with Crippen molar-refractivity contribution in [2.24, 2.45) is 0 Å². The molecule has 0 aliphatic carbocycles. The van der Waals surface area contributed by atoms with Crippen LogP contribution in [0.1, 0.15) is 27.7 Å². The maximum Gasteiger partial charge on any atom is 0.163 e. The summed E-state index contributed by atoms with van der Waals surface area (Å²) in [6.45, 7) is 8.80. The Morgan fingerprint density at radius 1 is 0.786 bits per heavy atom. The van der Waals surface area contributed by atoms with Crippen LogP contribution < -0.4 is 0 Å². The van der Waals surface area contributed by atoms with E-state index in [9.17, 15) is 0 Å². The van der Waals surface area contributed by atoms with E-state index >= 15 is 0 Å². The first-order valence-electron chi connectivity index (χ1n) is 5.02. The second kappa shape index (κ2) is 3.17. The van der Waals surface area contributed by atoms with Crippen molar-refractivity contribution in [3.63, 3.8) is 0 Å². The fraction of sp³-hybridized carbons (Fsp3) is 1.00. The van der Waals surface area contributed by atoms with Gasteiger partial charge in [-0.25, -0.2) is 0 Å². The molecule has 0 aromatic rings. The molecule has 0 aromatic carbocycles. The van der Waals surface area contributed by atoms with Crippen molar-refractivity contribution in [1.82, 2.24) is 0 Å². The quantitative estimate of drug-likeness (QED) is 0.642. The fourth-order valence-electron chi connectivity index (χ4n) is 1.80. The number of rotatable bonds is 1. The number of hydrogen-bond acceptors (Lipinski definition) is 4. The molecule has 2 heterocycles. The Kier molecular flexibility index (Phi) is 2.34. The lowest BCUT2D eigenvalue weighted by Crippen LogP contribution is -2.34. The molecular weight excluding hydrogens is 184 g/mol. The summed E-state index contributed by atoms with van der Waals surface area (Å²) >= 11 is 0. The van der Waals surface area contributed by atoms with Gasteiger partial charge in [0.2, 0.25) is 0 Å². The Hall–Kier alpha value is -0.160. The molecule has 0 aromatic heterocycles. The van der Waals surface area contributed by atoms with Gasteiger partial charge in [0.25, 0.3) is 0 Å². The van der Waals surface area contributed by atoms with Crippen LogP contribution in [0.5, 0.6) is 0 Å². The van der Waals surface area contributed by atoms with Gasteiger partial charge in [0, 0.05) is 0 Å². The van der Waals surface area contributed by atoms with E-state index in [0.717, 1.165) is 0 Å². The molecule has 2 rings (SSSR count). The lowest BCUT2D eigenvalue weighted by Gasteiger charge is -2.21. The molecule has 2 aliphatic heterocycles. The Bertz CT molecular complexity index is 200. The maximum absolute atomic E-state index is 5.70. The molecule has 0 amide bonds. The number of hydrogen-bond donors (Lipinski definition) is 0. The zero-order chi connectivity index (χ0) is 10.4. The van der Waals surface area contributed by atoms with E-state index in [2.05, 4.69) is 0 Å². The highest BCUT2D eigenvalue weighted by molar-refractivity contribution is 4.83. The second-order valence-corrected chi connectivity index (χ2v) is 4.73. The average molecular weight is 202 g/mol. The van der Waals surface area contributed by atoms with Gasteiger partial charge in [-0.05, 0) is 27.7 Å². The van der Waals surface area contributed by atoms with Crippen LogP contribution in [0.2, 0.25) is 0 Å². The molecule has 0 saturated carbocycles. The summed E-state index contributed by atoms with van der Waals surface area (Å²) in [6, 6.07) is 0. The first kappa shape index (κ1) is 10.4. The normalized spacial score (nSPS) is 40.3. The summed E-state index contributed by atoms with van der Waals surface area (Å²) in [6.07, 6.45) is -0.0152. The van der Waals surface area contributed by atoms with E-state index in [1.54, 1.807) is 0 Å². The van der Waals surface area contributed by atoms with E-state index in [0.29, 0.717) is 13.2 Å². The van der Waals surface area contributed by atoms with Crippen molar-refractivity contribution in [2.45, 2.75) is 51.5 Å². The van der Waals surface area contributed by atoms with Crippen LogP contribution in [0.25, 0.3) is 0 Å². The molecule has 4 nitrogen and oxygen atoms in total. The third-order valence-corrected chi connectivity index (χ3v) is 2.48. The third kappa shape index (κ3) is 2.08. The van der Waals surface area contributed by atoms with E-state index in [1.807, 2.05) is 27.7 Å². The molecule has 82 valence electrons. The SMILES string of the molecule is CC1(C)OC[C@H]([C@H]2COC(C)(C)O2)O1. The molecule has 2 fully saturated rings. The summed E-state index contributed by atoms with van der Waals surface area (Å²) in [5.74, 6) is -0.971. The standard InChI is InChI=1S/C10H18O4/c1-9(2)11-5-7(13-9)8-6-12-10(3,4)14-8/h7-8H,5-6H2,1-4H3/t7-,8-/m1/s1. The van der Waals surface area contributed by atoms with Crippen LogP contribution in [0.3, 0.4) is 0 Å². The van der Waals surface area contributed by atoms with Gasteiger partial charge in [-0.1, -0.05) is 0 Å². The van der Waals surface area contributed by atoms with Gasteiger partial charge in [0.05, 0.1) is 13.2 Å². The van der Waals surface area contributed by atoms with Gasteiger partial charge in [0.1, 0.15) is 12.2 Å². The molecule has 2 aliphatic rings. The Morgan fingerprint density at radius 2 is 1.14 bits per heavy atom. The monoisotopic (exact) mass is 202 g/mol. The first-order valence-corrected chi connectivity index (χ1v) is 5.02. The molecular formula is C10H18O4. The third-order valence-electron chi connectivity index (χ3n) is 2.48. The van der Waals surface area contributed by atoms with Gasteiger partial charge >= 0.3 is 0 Å². The van der Waals surface area contributed by atoms with E-state index in [4.69, 9.17) is 18.9 Å². The Morgan fingerprint density at radius 3 is 1.36 bits per heavy atom. The highest BCUT2D eigenvalue weighted by Gasteiger charge is 2.44. The fourth-order valence-corrected chi connectivity index (χ4v) is 1.80. The predicted molar refractivity (Wildman–Crippen MR) is 49.8 cm³/mol. The zero-order valence-electron chi connectivity index (χ0n) is 9.20. The van der Waals surface area contributed by atoms with Gasteiger partial charge in [-0.15, -0.1) is 0 Å². The van der Waals surface area contributed by atoms with Crippen molar-refractivity contribution < 1.29 is 18.9 Å². The molecule has 0 unspecified atom stereocenters. The van der Waals surface area contributed by atoms with Crippen molar-refractivity contribution in [3.05, 3.63) is 0 Å². The minimum atomic E-state index is -0.485. The van der Waals surface area contributed by atoms with Crippen molar-refractivity contribution >= 4 is 0 Å². The molecule has 2 atom stereocenters. The van der Waals surface area contributed by atoms with Crippen molar-refractivity contribution in [1.29, 1.82) is 0 Å². The van der Waals surface area contributed by atoms with E-state index < -0.39 is 11.6 Å². The lowest BCUT2D eigenvalue weighted by molar-refractivity contribution is -0.174. The molecule has 4 heteroatoms. The van der Waals surface area contributed by atoms with Crippen molar-refractivity contribution in [2.75, 3.05) is 13.2 Å². The number of ether oxygens (including phenoxy) is 4. The van der Waals surface area contributed by atoms with Crippen LogP contribution >= 0.6 is 0 Å². The van der Waals surface area contributed by atoms with Crippen molar-refractivity contribution in [3.8, 4) is 0 Å². The summed E-state index contributed by atoms with van der Waals surface area (Å²) in [7, 11) is 0. The van der Waals surface area contributed by atoms with Crippen LogP contribution in [0, 0.1) is 0 Å². The molecule has 0 spiro atoms. The molecule has 0 radical (unpaired) electrons. The Labute approximate surface area is 84.5 Å². The largest absolute Gasteiger partial charge is 0.348 e. The van der Waals surface area contributed by atoms with Gasteiger partial charge in [0.15, 0.2) is 11.6 Å². The smallest absolute Gasteiger partial charge is 0.163 e. The zero-order valence-corrected chi connectivity index (χ0v) is 9.20. The summed E-state index contributed by atoms with van der Waals surface area (Å²) in [4.78, 5) is 0. The minimum absolute atomic E-state index is 0.00762. The van der Waals surface area contributed by atoms with Crippen LogP contribution in [0.4, 0.5) is 0 Å². The predicted octanol–water partition coefficient (Wildman–Crippen LogP) is 1.29. The van der Waals surface area contributed by atoms with E-state index in [1.165, 1.54) is 0 Å². The molecule has 0 bridgehead atoms. The van der Waals surface area contributed by atoms with Gasteiger partial charge in [-0.2, -0.15) is 0 Å². The second-order valence-electron chi connectivity index (χ2n) is 4.73. The van der Waals surface area contributed by atoms with Crippen LogP contribution in [-0.4, -0.2) is 37.0 Å². The van der Waals surface area contributed by atoms with Gasteiger partial charge < -0.3 is 18.9 Å². The summed E-state index contributed by atoms with van der Waals surface area (Å²) < 4.78 is 22.3. The van der Waals surface area contributed by atoms with Crippen LogP contribution in [0.15, 0.2) is 0 Å². The molecule has 0 N–H and O–H groups in total. The minimum Gasteiger partial charge on any atom is -0.348 e.